The molecule has 5 heteroatoms. The van der Waals surface area contributed by atoms with E-state index in [2.05, 4.69) is 22.0 Å². The van der Waals surface area contributed by atoms with E-state index in [-0.39, 0.29) is 12.3 Å². The van der Waals surface area contributed by atoms with Gasteiger partial charge in [-0.1, -0.05) is 30.3 Å². The van der Waals surface area contributed by atoms with E-state index < -0.39 is 5.97 Å². The van der Waals surface area contributed by atoms with Crippen molar-refractivity contribution < 1.29 is 14.3 Å². The van der Waals surface area contributed by atoms with Crippen molar-refractivity contribution in [3.63, 3.8) is 0 Å². The first-order chi connectivity index (χ1) is 12.0. The molecule has 5 nitrogen and oxygen atoms in total. The number of carboxylic acid groups (broad SMARTS) is 1. The van der Waals surface area contributed by atoms with E-state index in [1.807, 2.05) is 32.0 Å². The van der Waals surface area contributed by atoms with Gasteiger partial charge in [-0.2, -0.15) is 0 Å². The molecule has 1 saturated heterocycles. The largest absolute Gasteiger partial charge is 0.481 e. The predicted octanol–water partition coefficient (Wildman–Crippen LogP) is 3.76. The van der Waals surface area contributed by atoms with Gasteiger partial charge in [-0.05, 0) is 57.2 Å². The maximum atomic E-state index is 11.3. The third kappa shape index (κ3) is 4.48. The van der Waals surface area contributed by atoms with Crippen LogP contribution in [0.2, 0.25) is 0 Å². The summed E-state index contributed by atoms with van der Waals surface area (Å²) in [5.74, 6) is 1.44. The molecule has 0 spiro atoms. The van der Waals surface area contributed by atoms with Gasteiger partial charge in [0.05, 0.1) is 18.7 Å². The molecule has 1 fully saturated rings. The molecule has 1 aromatic heterocycles. The Bertz CT molecular complexity index is 683. The van der Waals surface area contributed by atoms with Gasteiger partial charge in [-0.3, -0.25) is 9.69 Å². The highest BCUT2D eigenvalue weighted by Crippen LogP contribution is 2.35. The predicted molar refractivity (Wildman–Crippen MR) is 95.4 cm³/mol. The average Bonchev–Trinajstić information content (AvgIpc) is 2.92. The average molecular weight is 342 g/mol. The Morgan fingerprint density at radius 2 is 1.96 bits per heavy atom. The van der Waals surface area contributed by atoms with Crippen molar-refractivity contribution in [2.45, 2.75) is 45.6 Å². The first-order valence-corrected chi connectivity index (χ1v) is 8.95. The zero-order chi connectivity index (χ0) is 17.8. The Labute approximate surface area is 148 Å². The highest BCUT2D eigenvalue weighted by atomic mass is 16.4. The lowest BCUT2D eigenvalue weighted by molar-refractivity contribution is -0.137. The van der Waals surface area contributed by atoms with Gasteiger partial charge in [0.1, 0.15) is 5.76 Å². The molecule has 0 radical (unpaired) electrons. The Morgan fingerprint density at radius 3 is 2.52 bits per heavy atom. The summed E-state index contributed by atoms with van der Waals surface area (Å²) in [6.07, 6.45) is 2.21. The summed E-state index contributed by atoms with van der Waals surface area (Å²) < 4.78 is 5.68. The first kappa shape index (κ1) is 17.7. The lowest BCUT2D eigenvalue weighted by atomic mass is 9.78. The molecule has 1 aliphatic heterocycles. The number of hydrogen-bond acceptors (Lipinski definition) is 4. The molecule has 1 atom stereocenters. The maximum absolute atomic E-state index is 11.3. The summed E-state index contributed by atoms with van der Waals surface area (Å²) >= 11 is 0. The van der Waals surface area contributed by atoms with Crippen LogP contribution in [-0.4, -0.2) is 34.0 Å². The number of aromatic nitrogens is 1. The van der Waals surface area contributed by atoms with Gasteiger partial charge in [0.15, 0.2) is 0 Å². The molecule has 134 valence electrons. The molecule has 1 aromatic carbocycles. The van der Waals surface area contributed by atoms with E-state index in [0.717, 1.165) is 55.4 Å². The lowest BCUT2D eigenvalue weighted by Crippen LogP contribution is -2.35. The fourth-order valence-corrected chi connectivity index (χ4v) is 3.76. The minimum Gasteiger partial charge on any atom is -0.481 e. The molecule has 25 heavy (non-hydrogen) atoms. The van der Waals surface area contributed by atoms with E-state index in [1.54, 1.807) is 0 Å². The van der Waals surface area contributed by atoms with Crippen LogP contribution < -0.4 is 0 Å². The third-order valence-corrected chi connectivity index (χ3v) is 5.26. The van der Waals surface area contributed by atoms with Crippen molar-refractivity contribution in [2.75, 3.05) is 13.1 Å². The second-order valence-corrected chi connectivity index (χ2v) is 6.98. The number of carboxylic acids is 1. The monoisotopic (exact) mass is 342 g/mol. The molecule has 1 unspecified atom stereocenters. The molecular weight excluding hydrogens is 316 g/mol. The number of nitrogens with zero attached hydrogens (tertiary/aromatic N) is 2. The van der Waals surface area contributed by atoms with Crippen LogP contribution in [0.1, 0.15) is 48.1 Å². The number of aryl methyl sites for hydroxylation is 2. The standard InChI is InChI=1S/C20H26N2O3/c1-14-15(2)25-19(21-14)13-22-10-8-17(9-11-22)18(12-20(23)24)16-6-4-3-5-7-16/h3-7,17-18H,8-13H2,1-2H3,(H,23,24). The van der Waals surface area contributed by atoms with E-state index in [0.29, 0.717) is 5.92 Å². The van der Waals surface area contributed by atoms with E-state index in [1.165, 1.54) is 0 Å². The van der Waals surface area contributed by atoms with Crippen LogP contribution in [0.25, 0.3) is 0 Å². The number of aliphatic carboxylic acids is 1. The van der Waals surface area contributed by atoms with Gasteiger partial charge in [0.25, 0.3) is 0 Å². The molecule has 0 aliphatic carbocycles. The Hall–Kier alpha value is -2.14. The first-order valence-electron chi connectivity index (χ1n) is 8.95. The van der Waals surface area contributed by atoms with E-state index in [9.17, 15) is 9.90 Å². The van der Waals surface area contributed by atoms with Gasteiger partial charge in [0, 0.05) is 0 Å². The van der Waals surface area contributed by atoms with Crippen molar-refractivity contribution in [2.24, 2.45) is 5.92 Å². The SMILES string of the molecule is Cc1nc(CN2CCC(C(CC(=O)O)c3ccccc3)CC2)oc1C. The fourth-order valence-electron chi connectivity index (χ4n) is 3.76. The van der Waals surface area contributed by atoms with Crippen LogP contribution in [0.15, 0.2) is 34.7 Å². The van der Waals surface area contributed by atoms with Gasteiger partial charge in [0.2, 0.25) is 5.89 Å². The Morgan fingerprint density at radius 1 is 1.28 bits per heavy atom. The summed E-state index contributed by atoms with van der Waals surface area (Å²) in [7, 11) is 0. The Kier molecular flexibility index (Phi) is 5.53. The summed E-state index contributed by atoms with van der Waals surface area (Å²) in [6.45, 7) is 6.54. The highest BCUT2D eigenvalue weighted by Gasteiger charge is 2.29. The number of benzene rings is 1. The van der Waals surface area contributed by atoms with Crippen LogP contribution in [-0.2, 0) is 11.3 Å². The molecule has 2 aromatic rings. The van der Waals surface area contributed by atoms with Crippen molar-refractivity contribution in [3.05, 3.63) is 53.2 Å². The van der Waals surface area contributed by atoms with Crippen LogP contribution in [0, 0.1) is 19.8 Å². The molecule has 1 aliphatic rings. The molecule has 1 N–H and O–H groups in total. The molecule has 2 heterocycles. The van der Waals surface area contributed by atoms with Gasteiger partial charge < -0.3 is 9.52 Å². The van der Waals surface area contributed by atoms with Crippen molar-refractivity contribution >= 4 is 5.97 Å². The zero-order valence-electron chi connectivity index (χ0n) is 14.9. The van der Waals surface area contributed by atoms with Crippen LogP contribution >= 0.6 is 0 Å². The number of carbonyl (C=O) groups is 1. The van der Waals surface area contributed by atoms with Crippen LogP contribution in [0.4, 0.5) is 0 Å². The van der Waals surface area contributed by atoms with E-state index in [4.69, 9.17) is 4.42 Å². The smallest absolute Gasteiger partial charge is 0.303 e. The second-order valence-electron chi connectivity index (χ2n) is 6.98. The Balaban J connectivity index is 1.62. The maximum Gasteiger partial charge on any atom is 0.303 e. The minimum atomic E-state index is -0.720. The summed E-state index contributed by atoms with van der Waals surface area (Å²) in [6, 6.07) is 10.1. The highest BCUT2D eigenvalue weighted by molar-refractivity contribution is 5.68. The van der Waals surface area contributed by atoms with Gasteiger partial charge in [-0.25, -0.2) is 4.98 Å². The number of likely N-dealkylation sites (tertiary alicyclic amines) is 1. The normalized spacial score (nSPS) is 17.5. The third-order valence-electron chi connectivity index (χ3n) is 5.26. The second kappa shape index (κ2) is 7.83. The topological polar surface area (TPSA) is 66.6 Å². The quantitative estimate of drug-likeness (QED) is 0.866. The molecular formula is C20H26N2O3. The number of hydrogen-bond donors (Lipinski definition) is 1. The zero-order valence-corrected chi connectivity index (χ0v) is 14.9. The van der Waals surface area contributed by atoms with Gasteiger partial charge >= 0.3 is 5.97 Å². The fraction of sp³-hybridized carbons (Fsp3) is 0.500. The van der Waals surface area contributed by atoms with Crippen LogP contribution in [0.3, 0.4) is 0 Å². The minimum absolute atomic E-state index is 0.0899. The number of oxazole rings is 1. The summed E-state index contributed by atoms with van der Waals surface area (Å²) in [5.41, 5.74) is 2.10. The van der Waals surface area contributed by atoms with Crippen molar-refractivity contribution in [1.82, 2.24) is 9.88 Å². The van der Waals surface area contributed by atoms with Crippen LogP contribution in [0.5, 0.6) is 0 Å². The molecule has 0 saturated carbocycles. The lowest BCUT2D eigenvalue weighted by Gasteiger charge is -2.35. The van der Waals surface area contributed by atoms with E-state index >= 15 is 0 Å². The summed E-state index contributed by atoms with van der Waals surface area (Å²) in [5, 5.41) is 9.32. The summed E-state index contributed by atoms with van der Waals surface area (Å²) in [4.78, 5) is 18.1. The van der Waals surface area contributed by atoms with Gasteiger partial charge in [-0.15, -0.1) is 0 Å². The molecule has 0 amide bonds. The number of piperidine rings is 1. The number of rotatable bonds is 6. The molecule has 3 rings (SSSR count). The van der Waals surface area contributed by atoms with Crippen molar-refractivity contribution in [3.8, 4) is 0 Å². The van der Waals surface area contributed by atoms with Crippen molar-refractivity contribution in [1.29, 1.82) is 0 Å². The molecule has 0 bridgehead atoms.